The van der Waals surface area contributed by atoms with Gasteiger partial charge in [0.2, 0.25) is 0 Å². The number of benzene rings is 1. The summed E-state index contributed by atoms with van der Waals surface area (Å²) in [5.41, 5.74) is 0.398. The number of nitrogens with one attached hydrogen (secondary N) is 1. The third-order valence-corrected chi connectivity index (χ3v) is 3.51. The molecule has 2 atom stereocenters. The van der Waals surface area contributed by atoms with Crippen molar-refractivity contribution in [3.8, 4) is 0 Å². The molecule has 0 amide bonds. The van der Waals surface area contributed by atoms with Crippen molar-refractivity contribution in [1.29, 1.82) is 0 Å². The van der Waals surface area contributed by atoms with Gasteiger partial charge in [-0.15, -0.1) is 0 Å². The Morgan fingerprint density at radius 3 is 2.89 bits per heavy atom. The molecule has 4 nitrogen and oxygen atoms in total. The average molecular weight is 252 g/mol. The van der Waals surface area contributed by atoms with E-state index in [9.17, 15) is 14.5 Å². The van der Waals surface area contributed by atoms with E-state index in [1.54, 1.807) is 0 Å². The number of halogens is 1. The van der Waals surface area contributed by atoms with Crippen LogP contribution in [0.3, 0.4) is 0 Å². The van der Waals surface area contributed by atoms with Gasteiger partial charge in [-0.05, 0) is 37.3 Å². The van der Waals surface area contributed by atoms with E-state index in [1.807, 2.05) is 0 Å². The third-order valence-electron chi connectivity index (χ3n) is 3.51. The number of nitrogens with zero attached hydrogens (tertiary/aromatic N) is 1. The fourth-order valence-electron chi connectivity index (χ4n) is 2.52. The number of nitro groups is 1. The van der Waals surface area contributed by atoms with Crippen LogP contribution >= 0.6 is 0 Å². The van der Waals surface area contributed by atoms with Gasteiger partial charge in [-0.1, -0.05) is 6.92 Å². The molecule has 0 saturated heterocycles. The number of hydrogen-bond donors (Lipinski definition) is 1. The van der Waals surface area contributed by atoms with E-state index in [0.29, 0.717) is 24.1 Å². The molecule has 0 spiro atoms. The van der Waals surface area contributed by atoms with Gasteiger partial charge < -0.3 is 5.32 Å². The van der Waals surface area contributed by atoms with Gasteiger partial charge in [-0.25, -0.2) is 4.39 Å². The predicted octanol–water partition coefficient (Wildman–Crippen LogP) is 3.01. The van der Waals surface area contributed by atoms with Gasteiger partial charge in [0.25, 0.3) is 5.69 Å². The Hall–Kier alpha value is -1.49. The summed E-state index contributed by atoms with van der Waals surface area (Å²) in [6.45, 7) is 2.55. The van der Waals surface area contributed by atoms with E-state index in [4.69, 9.17) is 0 Å². The van der Waals surface area contributed by atoms with E-state index < -0.39 is 10.7 Å². The molecular weight excluding hydrogens is 235 g/mol. The molecule has 1 aromatic rings. The summed E-state index contributed by atoms with van der Waals surface area (Å²) in [5, 5.41) is 14.1. The van der Waals surface area contributed by atoms with Gasteiger partial charge in [0, 0.05) is 24.2 Å². The second-order valence-corrected chi connectivity index (χ2v) is 5.03. The first kappa shape index (κ1) is 13.0. The number of hydrogen-bond acceptors (Lipinski definition) is 3. The first-order valence-corrected chi connectivity index (χ1v) is 6.22. The van der Waals surface area contributed by atoms with Crippen LogP contribution < -0.4 is 5.32 Å². The molecule has 1 aromatic carbocycles. The van der Waals surface area contributed by atoms with E-state index in [0.717, 1.165) is 18.9 Å². The van der Waals surface area contributed by atoms with Gasteiger partial charge in [-0.3, -0.25) is 10.1 Å². The minimum atomic E-state index is -0.465. The summed E-state index contributed by atoms with van der Waals surface area (Å²) < 4.78 is 13.1. The zero-order valence-electron chi connectivity index (χ0n) is 10.4. The molecule has 0 bridgehead atoms. The van der Waals surface area contributed by atoms with E-state index in [-0.39, 0.29) is 5.69 Å². The van der Waals surface area contributed by atoms with Crippen molar-refractivity contribution >= 4 is 5.69 Å². The van der Waals surface area contributed by atoms with Gasteiger partial charge >= 0.3 is 0 Å². The number of rotatable bonds is 4. The minimum Gasteiger partial charge on any atom is -0.310 e. The minimum absolute atomic E-state index is 0.0186. The fraction of sp³-hybridized carbons (Fsp3) is 0.538. The predicted molar refractivity (Wildman–Crippen MR) is 66.7 cm³/mol. The maximum atomic E-state index is 13.1. The molecule has 1 aliphatic rings. The van der Waals surface area contributed by atoms with Crippen LogP contribution in [0.25, 0.3) is 0 Å². The van der Waals surface area contributed by atoms with Crippen LogP contribution in [-0.2, 0) is 6.54 Å². The molecule has 18 heavy (non-hydrogen) atoms. The SMILES string of the molecule is CC1CCC(NCc2cc(F)ccc2[N+](=O)[O-])C1. The molecule has 1 saturated carbocycles. The van der Waals surface area contributed by atoms with Crippen molar-refractivity contribution in [2.75, 3.05) is 0 Å². The Labute approximate surface area is 105 Å². The molecule has 0 aliphatic heterocycles. The molecule has 1 N–H and O–H groups in total. The highest BCUT2D eigenvalue weighted by Crippen LogP contribution is 2.26. The Morgan fingerprint density at radius 2 is 2.28 bits per heavy atom. The topological polar surface area (TPSA) is 55.2 Å². The normalized spacial score (nSPS) is 23.2. The molecule has 0 aromatic heterocycles. The van der Waals surface area contributed by atoms with Crippen molar-refractivity contribution in [3.63, 3.8) is 0 Å². The van der Waals surface area contributed by atoms with E-state index in [1.165, 1.54) is 18.6 Å². The first-order valence-electron chi connectivity index (χ1n) is 6.22. The van der Waals surface area contributed by atoms with Gasteiger partial charge in [-0.2, -0.15) is 0 Å². The molecule has 2 unspecified atom stereocenters. The quantitative estimate of drug-likeness (QED) is 0.662. The molecule has 2 rings (SSSR count). The van der Waals surface area contributed by atoms with Crippen LogP contribution in [0.15, 0.2) is 18.2 Å². The maximum Gasteiger partial charge on any atom is 0.274 e. The lowest BCUT2D eigenvalue weighted by molar-refractivity contribution is -0.385. The van der Waals surface area contributed by atoms with E-state index in [2.05, 4.69) is 12.2 Å². The zero-order chi connectivity index (χ0) is 13.1. The molecule has 1 fully saturated rings. The average Bonchev–Trinajstić information content (AvgIpc) is 2.72. The zero-order valence-corrected chi connectivity index (χ0v) is 10.4. The lowest BCUT2D eigenvalue weighted by Gasteiger charge is -2.12. The third kappa shape index (κ3) is 3.04. The first-order chi connectivity index (χ1) is 8.56. The van der Waals surface area contributed by atoms with Crippen LogP contribution in [-0.4, -0.2) is 11.0 Å². The standard InChI is InChI=1S/C13H17FN2O2/c1-9-2-4-12(6-9)15-8-10-7-11(14)3-5-13(10)16(17)18/h3,5,7,9,12,15H,2,4,6,8H2,1H3. The monoisotopic (exact) mass is 252 g/mol. The van der Waals surface area contributed by atoms with Crippen LogP contribution in [0.1, 0.15) is 31.7 Å². The van der Waals surface area contributed by atoms with E-state index >= 15 is 0 Å². The summed E-state index contributed by atoms with van der Waals surface area (Å²) >= 11 is 0. The second-order valence-electron chi connectivity index (χ2n) is 5.03. The highest BCUT2D eigenvalue weighted by atomic mass is 19.1. The molecule has 0 radical (unpaired) electrons. The smallest absolute Gasteiger partial charge is 0.274 e. The molecule has 0 heterocycles. The Bertz CT molecular complexity index is 451. The molecular formula is C13H17FN2O2. The summed E-state index contributed by atoms with van der Waals surface area (Å²) in [4.78, 5) is 10.4. The van der Waals surface area contributed by atoms with Gasteiger partial charge in [0.05, 0.1) is 4.92 Å². The van der Waals surface area contributed by atoms with Gasteiger partial charge in [0.15, 0.2) is 0 Å². The highest BCUT2D eigenvalue weighted by Gasteiger charge is 2.22. The highest BCUT2D eigenvalue weighted by molar-refractivity contribution is 5.40. The largest absolute Gasteiger partial charge is 0.310 e. The van der Waals surface area contributed by atoms with Crippen molar-refractivity contribution in [3.05, 3.63) is 39.7 Å². The molecule has 1 aliphatic carbocycles. The Balaban J connectivity index is 2.04. The van der Waals surface area contributed by atoms with Crippen molar-refractivity contribution in [2.24, 2.45) is 5.92 Å². The maximum absolute atomic E-state index is 13.1. The van der Waals surface area contributed by atoms with Crippen LogP contribution in [0.2, 0.25) is 0 Å². The molecule has 98 valence electrons. The Morgan fingerprint density at radius 1 is 1.50 bits per heavy atom. The van der Waals surface area contributed by atoms with Crippen LogP contribution in [0, 0.1) is 21.8 Å². The molecule has 5 heteroatoms. The van der Waals surface area contributed by atoms with Crippen molar-refractivity contribution in [2.45, 2.75) is 38.8 Å². The lowest BCUT2D eigenvalue weighted by Crippen LogP contribution is -2.26. The van der Waals surface area contributed by atoms with Crippen LogP contribution in [0.4, 0.5) is 10.1 Å². The number of nitro benzene ring substituents is 1. The Kier molecular flexibility index (Phi) is 3.91. The second kappa shape index (κ2) is 5.44. The van der Waals surface area contributed by atoms with Crippen molar-refractivity contribution in [1.82, 2.24) is 5.32 Å². The summed E-state index contributed by atoms with van der Waals surface area (Å²) in [5.74, 6) is 0.266. The van der Waals surface area contributed by atoms with Crippen molar-refractivity contribution < 1.29 is 9.31 Å². The summed E-state index contributed by atoms with van der Waals surface area (Å²) in [6.07, 6.45) is 3.36. The van der Waals surface area contributed by atoms with Crippen LogP contribution in [0.5, 0.6) is 0 Å². The lowest BCUT2D eigenvalue weighted by atomic mass is 10.1. The fourth-order valence-corrected chi connectivity index (χ4v) is 2.52. The summed E-state index contributed by atoms with van der Waals surface area (Å²) in [7, 11) is 0. The van der Waals surface area contributed by atoms with Gasteiger partial charge in [0.1, 0.15) is 5.82 Å². The summed E-state index contributed by atoms with van der Waals surface area (Å²) in [6, 6.07) is 3.98.